The number of aliphatic hydroxyl groups is 1. The first kappa shape index (κ1) is 14.6. The van der Waals surface area contributed by atoms with Crippen LogP contribution in [0.5, 0.6) is 11.5 Å². The van der Waals surface area contributed by atoms with E-state index in [-0.39, 0.29) is 0 Å². The summed E-state index contributed by atoms with van der Waals surface area (Å²) in [4.78, 5) is 0. The van der Waals surface area contributed by atoms with Gasteiger partial charge in [-0.25, -0.2) is 0 Å². The fourth-order valence-corrected chi connectivity index (χ4v) is 1.62. The zero-order chi connectivity index (χ0) is 13.6. The number of hydrogen-bond donors (Lipinski definition) is 1. The number of methoxy groups -OCH3 is 2. The molecule has 0 saturated heterocycles. The molecular weight excluding hydrogens is 228 g/mol. The second-order valence-electron chi connectivity index (χ2n) is 4.86. The minimum absolute atomic E-state index is 0.622. The molecule has 1 rings (SSSR count). The molecule has 0 aliphatic carbocycles. The van der Waals surface area contributed by atoms with Crippen molar-refractivity contribution in [2.45, 2.75) is 32.3 Å². The third kappa shape index (κ3) is 4.80. The first-order chi connectivity index (χ1) is 8.46. The molecule has 1 aromatic carbocycles. The molecule has 3 heteroatoms. The van der Waals surface area contributed by atoms with Gasteiger partial charge in [-0.3, -0.25) is 0 Å². The molecular formula is C15H22O3. The third-order valence-corrected chi connectivity index (χ3v) is 2.66. The average Bonchev–Trinajstić information content (AvgIpc) is 2.33. The lowest BCUT2D eigenvalue weighted by Crippen LogP contribution is -2.17. The van der Waals surface area contributed by atoms with Crippen LogP contribution in [0.15, 0.2) is 24.3 Å². The number of allylic oxidation sites excluding steroid dienone is 1. The van der Waals surface area contributed by atoms with E-state index in [1.54, 1.807) is 14.2 Å². The lowest BCUT2D eigenvalue weighted by molar-refractivity contribution is 0.0722. The van der Waals surface area contributed by atoms with Gasteiger partial charge >= 0.3 is 0 Å². The first-order valence-electron chi connectivity index (χ1n) is 6.07. The van der Waals surface area contributed by atoms with Crippen LogP contribution in [-0.4, -0.2) is 24.9 Å². The van der Waals surface area contributed by atoms with Crippen LogP contribution >= 0.6 is 0 Å². The number of ether oxygens (including phenoxy) is 2. The number of hydrogen-bond acceptors (Lipinski definition) is 3. The van der Waals surface area contributed by atoms with Crippen molar-refractivity contribution in [1.82, 2.24) is 0 Å². The van der Waals surface area contributed by atoms with Crippen molar-refractivity contribution in [3.8, 4) is 11.5 Å². The molecule has 0 atom stereocenters. The van der Waals surface area contributed by atoms with E-state index < -0.39 is 5.60 Å². The van der Waals surface area contributed by atoms with E-state index in [1.165, 1.54) is 0 Å². The molecule has 0 amide bonds. The van der Waals surface area contributed by atoms with Crippen molar-refractivity contribution in [3.63, 3.8) is 0 Å². The summed E-state index contributed by atoms with van der Waals surface area (Å²) >= 11 is 0. The summed E-state index contributed by atoms with van der Waals surface area (Å²) < 4.78 is 10.5. The predicted octanol–water partition coefficient (Wildman–Crippen LogP) is 3.27. The van der Waals surface area contributed by atoms with Crippen LogP contribution < -0.4 is 9.47 Å². The molecule has 3 nitrogen and oxygen atoms in total. The van der Waals surface area contributed by atoms with Gasteiger partial charge in [-0.1, -0.05) is 12.2 Å². The van der Waals surface area contributed by atoms with E-state index in [0.29, 0.717) is 0 Å². The van der Waals surface area contributed by atoms with Gasteiger partial charge in [-0.2, -0.15) is 0 Å². The van der Waals surface area contributed by atoms with Gasteiger partial charge in [0, 0.05) is 5.56 Å². The Labute approximate surface area is 109 Å². The molecule has 1 N–H and O–H groups in total. The molecule has 0 fully saturated rings. The minimum Gasteiger partial charge on any atom is -0.497 e. The Hall–Kier alpha value is -1.48. The molecule has 0 saturated carbocycles. The Morgan fingerprint density at radius 2 is 1.94 bits per heavy atom. The van der Waals surface area contributed by atoms with Crippen LogP contribution in [-0.2, 0) is 0 Å². The van der Waals surface area contributed by atoms with Gasteiger partial charge in [0.15, 0.2) is 0 Å². The van der Waals surface area contributed by atoms with Gasteiger partial charge in [-0.05, 0) is 44.9 Å². The molecule has 100 valence electrons. The van der Waals surface area contributed by atoms with Crippen molar-refractivity contribution in [2.24, 2.45) is 0 Å². The lowest BCUT2D eigenvalue weighted by atomic mass is 10.0. The van der Waals surface area contributed by atoms with Gasteiger partial charge < -0.3 is 14.6 Å². The van der Waals surface area contributed by atoms with Crippen LogP contribution in [0.25, 0.3) is 6.08 Å². The highest BCUT2D eigenvalue weighted by Crippen LogP contribution is 2.25. The number of benzene rings is 1. The smallest absolute Gasteiger partial charge is 0.126 e. The van der Waals surface area contributed by atoms with Gasteiger partial charge in [0.1, 0.15) is 11.5 Å². The fraction of sp³-hybridized carbons (Fsp3) is 0.467. The molecule has 0 aromatic heterocycles. The van der Waals surface area contributed by atoms with Gasteiger partial charge in [-0.15, -0.1) is 0 Å². The highest BCUT2D eigenvalue weighted by atomic mass is 16.5. The van der Waals surface area contributed by atoms with E-state index in [1.807, 2.05) is 44.2 Å². The maximum atomic E-state index is 9.62. The normalized spacial score (nSPS) is 11.8. The molecule has 1 aromatic rings. The maximum absolute atomic E-state index is 9.62. The van der Waals surface area contributed by atoms with E-state index >= 15 is 0 Å². The van der Waals surface area contributed by atoms with Gasteiger partial charge in [0.2, 0.25) is 0 Å². The first-order valence-corrected chi connectivity index (χ1v) is 6.07. The summed E-state index contributed by atoms with van der Waals surface area (Å²) in [6.45, 7) is 3.62. The Bertz CT molecular complexity index is 403. The van der Waals surface area contributed by atoms with Crippen LogP contribution in [0, 0.1) is 0 Å². The van der Waals surface area contributed by atoms with Crippen LogP contribution in [0.3, 0.4) is 0 Å². The summed E-state index contributed by atoms with van der Waals surface area (Å²) in [5.74, 6) is 1.62. The van der Waals surface area contributed by atoms with Gasteiger partial charge in [0.25, 0.3) is 0 Å². The largest absolute Gasteiger partial charge is 0.497 e. The van der Waals surface area contributed by atoms with E-state index in [9.17, 15) is 5.11 Å². The highest BCUT2D eigenvalue weighted by Gasteiger charge is 2.10. The predicted molar refractivity (Wildman–Crippen MR) is 74.1 cm³/mol. The quantitative estimate of drug-likeness (QED) is 0.842. The summed E-state index contributed by atoms with van der Waals surface area (Å²) in [5, 5.41) is 9.62. The molecule has 0 radical (unpaired) electrons. The molecule has 0 heterocycles. The van der Waals surface area contributed by atoms with Crippen molar-refractivity contribution >= 4 is 6.08 Å². The van der Waals surface area contributed by atoms with Crippen LogP contribution in [0.1, 0.15) is 32.3 Å². The summed E-state index contributed by atoms with van der Waals surface area (Å²) in [5.41, 5.74) is 0.357. The Morgan fingerprint density at radius 1 is 1.22 bits per heavy atom. The van der Waals surface area contributed by atoms with E-state index in [0.717, 1.165) is 29.9 Å². The molecule has 0 unspecified atom stereocenters. The lowest BCUT2D eigenvalue weighted by Gasteiger charge is -2.14. The van der Waals surface area contributed by atoms with Crippen molar-refractivity contribution < 1.29 is 14.6 Å². The standard InChI is InChI=1S/C15H22O3/c1-15(2,16)10-6-5-7-12-11-13(17-3)8-9-14(12)18-4/h5,7-9,11,16H,6,10H2,1-4H3/b7-5+. The monoisotopic (exact) mass is 250 g/mol. The van der Waals surface area contributed by atoms with Crippen molar-refractivity contribution in [1.29, 1.82) is 0 Å². The molecule has 18 heavy (non-hydrogen) atoms. The van der Waals surface area contributed by atoms with Crippen molar-refractivity contribution in [2.75, 3.05) is 14.2 Å². The Morgan fingerprint density at radius 3 is 2.50 bits per heavy atom. The minimum atomic E-state index is -0.622. The summed E-state index contributed by atoms with van der Waals surface area (Å²) in [6.07, 6.45) is 5.59. The zero-order valence-electron chi connectivity index (χ0n) is 11.6. The second kappa shape index (κ2) is 6.45. The molecule has 0 aliphatic heterocycles. The average molecular weight is 250 g/mol. The number of rotatable bonds is 6. The second-order valence-corrected chi connectivity index (χ2v) is 4.86. The Balaban J connectivity index is 2.72. The molecule has 0 spiro atoms. The topological polar surface area (TPSA) is 38.7 Å². The highest BCUT2D eigenvalue weighted by molar-refractivity contribution is 5.59. The van der Waals surface area contributed by atoms with E-state index in [2.05, 4.69) is 0 Å². The summed E-state index contributed by atoms with van der Waals surface area (Å²) in [7, 11) is 3.29. The van der Waals surface area contributed by atoms with Crippen LogP contribution in [0.2, 0.25) is 0 Å². The molecule has 0 aliphatic rings. The molecule has 0 bridgehead atoms. The Kier molecular flexibility index (Phi) is 5.23. The third-order valence-electron chi connectivity index (χ3n) is 2.66. The zero-order valence-corrected chi connectivity index (χ0v) is 11.6. The fourth-order valence-electron chi connectivity index (χ4n) is 1.62. The van der Waals surface area contributed by atoms with Crippen LogP contribution in [0.4, 0.5) is 0 Å². The van der Waals surface area contributed by atoms with Gasteiger partial charge in [0.05, 0.1) is 19.8 Å². The van der Waals surface area contributed by atoms with E-state index in [4.69, 9.17) is 9.47 Å². The maximum Gasteiger partial charge on any atom is 0.126 e. The SMILES string of the molecule is COc1ccc(OC)c(/C=C/CCC(C)(C)O)c1. The summed E-state index contributed by atoms with van der Waals surface area (Å²) in [6, 6.07) is 5.68. The van der Waals surface area contributed by atoms with Crippen molar-refractivity contribution in [3.05, 3.63) is 29.8 Å².